The largest absolute Gasteiger partial charge is 0.497 e. The quantitative estimate of drug-likeness (QED) is 0.838. The molecule has 118 valence electrons. The fourth-order valence-electron chi connectivity index (χ4n) is 2.01. The number of hydrogen-bond donors (Lipinski definition) is 1. The van der Waals surface area contributed by atoms with Crippen LogP contribution in [0.4, 0.5) is 0 Å². The summed E-state index contributed by atoms with van der Waals surface area (Å²) >= 11 is 1.17. The summed E-state index contributed by atoms with van der Waals surface area (Å²) in [6.45, 7) is 4.51. The second-order valence-electron chi connectivity index (χ2n) is 4.66. The maximum Gasteiger partial charge on any atom is 0.347 e. The number of carboxylic acid groups (broad SMARTS) is 1. The zero-order valence-electron chi connectivity index (χ0n) is 12.9. The van der Waals surface area contributed by atoms with Crippen molar-refractivity contribution in [1.82, 2.24) is 4.98 Å². The van der Waals surface area contributed by atoms with E-state index in [0.29, 0.717) is 35.2 Å². The van der Waals surface area contributed by atoms with Gasteiger partial charge in [0.25, 0.3) is 0 Å². The minimum atomic E-state index is -0.940. The van der Waals surface area contributed by atoms with Crippen LogP contribution < -0.4 is 9.47 Å². The first-order valence-corrected chi connectivity index (χ1v) is 7.96. The van der Waals surface area contributed by atoms with Gasteiger partial charge in [0.2, 0.25) is 0 Å². The second-order valence-corrected chi connectivity index (χ2v) is 5.66. The van der Waals surface area contributed by atoms with Crippen LogP contribution >= 0.6 is 11.3 Å². The average molecular weight is 321 g/mol. The van der Waals surface area contributed by atoms with E-state index in [4.69, 9.17) is 9.47 Å². The van der Waals surface area contributed by atoms with Crippen LogP contribution in [0.3, 0.4) is 0 Å². The first-order valence-electron chi connectivity index (χ1n) is 7.14. The predicted octanol–water partition coefficient (Wildman–Crippen LogP) is 3.87. The number of thiazole rings is 1. The number of aromatic nitrogens is 1. The molecular weight excluding hydrogens is 302 g/mol. The monoisotopic (exact) mass is 321 g/mol. The number of aryl methyl sites for hydroxylation is 1. The van der Waals surface area contributed by atoms with Crippen LogP contribution in [0.1, 0.15) is 35.6 Å². The Bertz CT molecular complexity index is 666. The molecule has 0 unspecified atom stereocenters. The third-order valence-corrected chi connectivity index (χ3v) is 4.23. The van der Waals surface area contributed by atoms with Gasteiger partial charge in [-0.1, -0.05) is 13.8 Å². The Morgan fingerprint density at radius 3 is 2.68 bits per heavy atom. The molecule has 0 atom stereocenters. The highest BCUT2D eigenvalue weighted by atomic mass is 32.1. The molecule has 0 aliphatic rings. The lowest BCUT2D eigenvalue weighted by Crippen LogP contribution is -1.98. The van der Waals surface area contributed by atoms with E-state index in [1.54, 1.807) is 13.2 Å². The Kier molecular flexibility index (Phi) is 5.38. The van der Waals surface area contributed by atoms with Crippen LogP contribution in [0.2, 0.25) is 0 Å². The van der Waals surface area contributed by atoms with Crippen LogP contribution in [0.5, 0.6) is 11.5 Å². The van der Waals surface area contributed by atoms with Crippen LogP contribution in [-0.2, 0) is 6.42 Å². The highest BCUT2D eigenvalue weighted by Gasteiger charge is 2.19. The van der Waals surface area contributed by atoms with Crippen molar-refractivity contribution in [2.24, 2.45) is 0 Å². The average Bonchev–Trinajstić information content (AvgIpc) is 2.97. The smallest absolute Gasteiger partial charge is 0.347 e. The normalized spacial score (nSPS) is 10.5. The van der Waals surface area contributed by atoms with Crippen molar-refractivity contribution in [2.45, 2.75) is 26.7 Å². The van der Waals surface area contributed by atoms with E-state index in [1.807, 2.05) is 26.0 Å². The van der Waals surface area contributed by atoms with Crippen molar-refractivity contribution in [3.8, 4) is 22.1 Å². The molecule has 0 spiro atoms. The van der Waals surface area contributed by atoms with Gasteiger partial charge < -0.3 is 14.6 Å². The van der Waals surface area contributed by atoms with Gasteiger partial charge in [0.05, 0.1) is 25.0 Å². The van der Waals surface area contributed by atoms with Gasteiger partial charge in [-0.15, -0.1) is 11.3 Å². The number of carbonyl (C=O) groups is 1. The number of carboxylic acids is 1. The molecule has 0 amide bonds. The molecule has 0 aliphatic carbocycles. The maximum atomic E-state index is 11.3. The van der Waals surface area contributed by atoms with Gasteiger partial charge in [0, 0.05) is 6.07 Å². The Labute approximate surface area is 133 Å². The topological polar surface area (TPSA) is 68.7 Å². The Morgan fingerprint density at radius 2 is 2.14 bits per heavy atom. The van der Waals surface area contributed by atoms with Crippen molar-refractivity contribution < 1.29 is 19.4 Å². The predicted molar refractivity (Wildman–Crippen MR) is 86.2 cm³/mol. The summed E-state index contributed by atoms with van der Waals surface area (Å²) in [6, 6.07) is 5.48. The van der Waals surface area contributed by atoms with Crippen LogP contribution in [0.15, 0.2) is 18.2 Å². The molecule has 0 saturated heterocycles. The SMILES string of the molecule is CCCOc1cc(OC)ccc1-c1nc(CC)c(C(=O)O)s1. The van der Waals surface area contributed by atoms with E-state index in [1.165, 1.54) is 11.3 Å². The summed E-state index contributed by atoms with van der Waals surface area (Å²) in [5, 5.41) is 9.92. The van der Waals surface area contributed by atoms with Crippen LogP contribution in [-0.4, -0.2) is 29.8 Å². The summed E-state index contributed by atoms with van der Waals surface area (Å²) in [5.41, 5.74) is 1.39. The van der Waals surface area contributed by atoms with Crippen molar-refractivity contribution in [2.75, 3.05) is 13.7 Å². The Morgan fingerprint density at radius 1 is 1.36 bits per heavy atom. The van der Waals surface area contributed by atoms with Crippen LogP contribution in [0.25, 0.3) is 10.6 Å². The maximum absolute atomic E-state index is 11.3. The first-order chi connectivity index (χ1) is 10.6. The lowest BCUT2D eigenvalue weighted by molar-refractivity contribution is 0.0701. The lowest BCUT2D eigenvalue weighted by atomic mass is 10.2. The minimum absolute atomic E-state index is 0.287. The molecule has 0 aliphatic heterocycles. The molecule has 0 bridgehead atoms. The molecular formula is C16H19NO4S. The lowest BCUT2D eigenvalue weighted by Gasteiger charge is -2.11. The minimum Gasteiger partial charge on any atom is -0.497 e. The van der Waals surface area contributed by atoms with E-state index in [2.05, 4.69) is 4.98 Å². The summed E-state index contributed by atoms with van der Waals surface area (Å²) in [4.78, 5) is 16.0. The molecule has 0 fully saturated rings. The highest BCUT2D eigenvalue weighted by molar-refractivity contribution is 7.17. The van der Waals surface area contributed by atoms with Gasteiger partial charge in [-0.3, -0.25) is 0 Å². The van der Waals surface area contributed by atoms with Crippen molar-refractivity contribution in [3.63, 3.8) is 0 Å². The number of hydrogen-bond acceptors (Lipinski definition) is 5. The molecule has 5 nitrogen and oxygen atoms in total. The van der Waals surface area contributed by atoms with Crippen molar-refractivity contribution in [1.29, 1.82) is 0 Å². The molecule has 2 rings (SSSR count). The van der Waals surface area contributed by atoms with Gasteiger partial charge >= 0.3 is 5.97 Å². The van der Waals surface area contributed by atoms with Gasteiger partial charge in [0.1, 0.15) is 21.4 Å². The molecule has 1 heterocycles. The van der Waals surface area contributed by atoms with E-state index >= 15 is 0 Å². The fraction of sp³-hybridized carbons (Fsp3) is 0.375. The molecule has 1 aromatic carbocycles. The Balaban J connectivity index is 2.48. The number of ether oxygens (including phenoxy) is 2. The summed E-state index contributed by atoms with van der Waals surface area (Å²) < 4.78 is 11.0. The van der Waals surface area contributed by atoms with E-state index in [0.717, 1.165) is 12.0 Å². The second kappa shape index (κ2) is 7.26. The third-order valence-electron chi connectivity index (χ3n) is 3.11. The number of nitrogens with zero attached hydrogens (tertiary/aromatic N) is 1. The number of benzene rings is 1. The summed E-state index contributed by atoms with van der Waals surface area (Å²) in [6.07, 6.45) is 1.47. The molecule has 0 saturated carbocycles. The zero-order valence-corrected chi connectivity index (χ0v) is 13.7. The van der Waals surface area contributed by atoms with Crippen molar-refractivity contribution in [3.05, 3.63) is 28.8 Å². The van der Waals surface area contributed by atoms with Gasteiger partial charge in [-0.25, -0.2) is 9.78 Å². The molecule has 1 N–H and O–H groups in total. The van der Waals surface area contributed by atoms with E-state index in [-0.39, 0.29) is 4.88 Å². The van der Waals surface area contributed by atoms with Crippen molar-refractivity contribution >= 4 is 17.3 Å². The molecule has 0 radical (unpaired) electrons. The van der Waals surface area contributed by atoms with Gasteiger partial charge in [0.15, 0.2) is 0 Å². The molecule has 2 aromatic rings. The fourth-order valence-corrected chi connectivity index (χ4v) is 3.03. The summed E-state index contributed by atoms with van der Waals surface area (Å²) in [5.74, 6) is 0.417. The van der Waals surface area contributed by atoms with E-state index < -0.39 is 5.97 Å². The number of methoxy groups -OCH3 is 1. The van der Waals surface area contributed by atoms with Gasteiger partial charge in [-0.05, 0) is 25.0 Å². The standard InChI is InChI=1S/C16H19NO4S/c1-4-8-21-13-9-10(20-3)6-7-11(13)15-17-12(5-2)14(22-15)16(18)19/h6-7,9H,4-5,8H2,1-3H3,(H,18,19). The summed E-state index contributed by atoms with van der Waals surface area (Å²) in [7, 11) is 1.60. The van der Waals surface area contributed by atoms with Gasteiger partial charge in [-0.2, -0.15) is 0 Å². The third kappa shape index (κ3) is 3.39. The molecule has 6 heteroatoms. The number of rotatable bonds is 7. The highest BCUT2D eigenvalue weighted by Crippen LogP contribution is 2.37. The Hall–Kier alpha value is -2.08. The molecule has 22 heavy (non-hydrogen) atoms. The zero-order chi connectivity index (χ0) is 16.1. The van der Waals surface area contributed by atoms with Crippen LogP contribution in [0, 0.1) is 0 Å². The first kappa shape index (κ1) is 16.3. The molecule has 1 aromatic heterocycles. The number of aromatic carboxylic acids is 1. The van der Waals surface area contributed by atoms with E-state index in [9.17, 15) is 9.90 Å².